The van der Waals surface area contributed by atoms with E-state index >= 15 is 0 Å². The number of aliphatic hydroxyl groups is 1. The summed E-state index contributed by atoms with van der Waals surface area (Å²) in [5.41, 5.74) is 3.92. The number of benzene rings is 2. The fraction of sp³-hybridized carbons (Fsp3) is 0.409. The maximum Gasteiger partial charge on any atom is 0.410 e. The maximum absolute atomic E-state index is 11.5. The van der Waals surface area contributed by atoms with Crippen LogP contribution >= 0.6 is 0 Å². The van der Waals surface area contributed by atoms with Crippen molar-refractivity contribution in [1.29, 1.82) is 0 Å². The van der Waals surface area contributed by atoms with Gasteiger partial charge in [0.15, 0.2) is 0 Å². The van der Waals surface area contributed by atoms with Gasteiger partial charge in [-0.1, -0.05) is 31.2 Å². The van der Waals surface area contributed by atoms with Crippen molar-refractivity contribution in [2.24, 2.45) is 0 Å². The fourth-order valence-corrected chi connectivity index (χ4v) is 3.51. The predicted molar refractivity (Wildman–Crippen MR) is 111 cm³/mol. The first-order valence-corrected chi connectivity index (χ1v) is 9.70. The SMILES string of the molecule is CCC(C(O)c1ccc(Nc2ccc(CN3CCOC3=O)cc2)cc1)N(C)C. The standard InChI is InChI=1S/C22H29N3O3/c1-4-20(24(2)3)21(26)17-7-11-19(12-8-17)23-18-9-5-16(6-10-18)15-25-13-14-28-22(25)27/h5-12,20-21,23,26H,4,13-15H2,1-3H3. The molecule has 6 heteroatoms. The third kappa shape index (κ3) is 4.82. The normalized spacial score (nSPS) is 16.2. The molecule has 2 unspecified atom stereocenters. The number of likely N-dealkylation sites (N-methyl/N-ethyl adjacent to an activating group) is 1. The van der Waals surface area contributed by atoms with Crippen molar-refractivity contribution in [3.05, 3.63) is 59.7 Å². The zero-order valence-corrected chi connectivity index (χ0v) is 16.8. The van der Waals surface area contributed by atoms with Crippen molar-refractivity contribution in [2.45, 2.75) is 32.0 Å². The first kappa shape index (κ1) is 20.2. The van der Waals surface area contributed by atoms with Gasteiger partial charge in [-0.3, -0.25) is 0 Å². The van der Waals surface area contributed by atoms with E-state index in [0.717, 1.165) is 28.9 Å². The second-order valence-corrected chi connectivity index (χ2v) is 7.36. The molecule has 0 spiro atoms. The van der Waals surface area contributed by atoms with Gasteiger partial charge in [-0.2, -0.15) is 0 Å². The smallest absolute Gasteiger partial charge is 0.410 e. The number of hydrogen-bond donors (Lipinski definition) is 2. The summed E-state index contributed by atoms with van der Waals surface area (Å²) in [6.45, 7) is 3.76. The highest BCUT2D eigenvalue weighted by molar-refractivity contribution is 5.69. The number of aliphatic hydroxyl groups excluding tert-OH is 1. The molecule has 1 fully saturated rings. The summed E-state index contributed by atoms with van der Waals surface area (Å²) in [5.74, 6) is 0. The summed E-state index contributed by atoms with van der Waals surface area (Å²) >= 11 is 0. The highest BCUT2D eigenvalue weighted by atomic mass is 16.6. The van der Waals surface area contributed by atoms with Crippen molar-refractivity contribution in [1.82, 2.24) is 9.80 Å². The number of anilines is 2. The third-order valence-corrected chi connectivity index (χ3v) is 5.16. The molecule has 0 aromatic heterocycles. The van der Waals surface area contributed by atoms with Crippen molar-refractivity contribution in [3.8, 4) is 0 Å². The number of hydrogen-bond acceptors (Lipinski definition) is 5. The molecular formula is C22H29N3O3. The summed E-state index contributed by atoms with van der Waals surface area (Å²) in [6.07, 6.45) is 0.130. The van der Waals surface area contributed by atoms with E-state index in [-0.39, 0.29) is 12.1 Å². The van der Waals surface area contributed by atoms with Crippen LogP contribution in [0.15, 0.2) is 48.5 Å². The van der Waals surface area contributed by atoms with Gasteiger partial charge >= 0.3 is 6.09 Å². The molecule has 1 amide bonds. The molecule has 2 aromatic rings. The molecule has 0 aliphatic carbocycles. The quantitative estimate of drug-likeness (QED) is 0.727. The van der Waals surface area contributed by atoms with Gasteiger partial charge in [0.05, 0.1) is 12.6 Å². The third-order valence-electron chi connectivity index (χ3n) is 5.16. The molecule has 6 nitrogen and oxygen atoms in total. The summed E-state index contributed by atoms with van der Waals surface area (Å²) in [4.78, 5) is 15.3. The van der Waals surface area contributed by atoms with E-state index in [1.165, 1.54) is 0 Å². The molecule has 0 saturated carbocycles. The van der Waals surface area contributed by atoms with Gasteiger partial charge in [0.2, 0.25) is 0 Å². The number of carbonyl (C=O) groups is 1. The maximum atomic E-state index is 11.5. The molecular weight excluding hydrogens is 354 g/mol. The van der Waals surface area contributed by atoms with Crippen LogP contribution in [-0.2, 0) is 11.3 Å². The lowest BCUT2D eigenvalue weighted by Crippen LogP contribution is -2.33. The van der Waals surface area contributed by atoms with Gasteiger partial charge in [0.25, 0.3) is 0 Å². The van der Waals surface area contributed by atoms with E-state index in [9.17, 15) is 9.90 Å². The summed E-state index contributed by atoms with van der Waals surface area (Å²) in [7, 11) is 3.98. The highest BCUT2D eigenvalue weighted by Crippen LogP contribution is 2.25. The second kappa shape index (κ2) is 9.08. The molecule has 1 aliphatic heterocycles. The Morgan fingerprint density at radius 1 is 1.11 bits per heavy atom. The first-order valence-electron chi connectivity index (χ1n) is 9.70. The van der Waals surface area contributed by atoms with E-state index in [2.05, 4.69) is 17.1 Å². The lowest BCUT2D eigenvalue weighted by Gasteiger charge is -2.28. The average molecular weight is 383 g/mol. The summed E-state index contributed by atoms with van der Waals surface area (Å²) in [6, 6.07) is 16.0. The number of rotatable bonds is 8. The van der Waals surface area contributed by atoms with Crippen LogP contribution in [0, 0.1) is 0 Å². The Kier molecular flexibility index (Phi) is 6.54. The molecule has 0 radical (unpaired) electrons. The molecule has 2 aromatic carbocycles. The molecule has 1 saturated heterocycles. The second-order valence-electron chi connectivity index (χ2n) is 7.36. The van der Waals surface area contributed by atoms with Crippen LogP contribution in [0.5, 0.6) is 0 Å². The van der Waals surface area contributed by atoms with E-state index in [0.29, 0.717) is 19.7 Å². The van der Waals surface area contributed by atoms with Gasteiger partial charge in [-0.15, -0.1) is 0 Å². The van der Waals surface area contributed by atoms with Crippen LogP contribution in [0.3, 0.4) is 0 Å². The van der Waals surface area contributed by atoms with Crippen molar-refractivity contribution < 1.29 is 14.6 Å². The van der Waals surface area contributed by atoms with Gasteiger partial charge in [0, 0.05) is 24.0 Å². The molecule has 0 bridgehead atoms. The number of nitrogens with zero attached hydrogens (tertiary/aromatic N) is 2. The Morgan fingerprint density at radius 3 is 2.21 bits per heavy atom. The molecule has 2 N–H and O–H groups in total. The Morgan fingerprint density at radius 2 is 1.71 bits per heavy atom. The monoisotopic (exact) mass is 383 g/mol. The van der Waals surface area contributed by atoms with E-state index in [1.807, 2.05) is 62.6 Å². The highest BCUT2D eigenvalue weighted by Gasteiger charge is 2.22. The van der Waals surface area contributed by atoms with Crippen LogP contribution in [0.2, 0.25) is 0 Å². The minimum atomic E-state index is -0.509. The van der Waals surface area contributed by atoms with Crippen molar-refractivity contribution in [2.75, 3.05) is 32.6 Å². The summed E-state index contributed by atoms with van der Waals surface area (Å²) < 4.78 is 4.96. The number of ether oxygens (including phenoxy) is 1. The van der Waals surface area contributed by atoms with Gasteiger partial charge < -0.3 is 25.0 Å². The number of amides is 1. The van der Waals surface area contributed by atoms with Gasteiger partial charge in [-0.25, -0.2) is 4.79 Å². The van der Waals surface area contributed by atoms with Gasteiger partial charge in [0.1, 0.15) is 6.61 Å². The Labute approximate surface area is 166 Å². The predicted octanol–water partition coefficient (Wildman–Crippen LogP) is 3.76. The van der Waals surface area contributed by atoms with Crippen LogP contribution in [0.4, 0.5) is 16.2 Å². The van der Waals surface area contributed by atoms with Crippen molar-refractivity contribution in [3.63, 3.8) is 0 Å². The number of cyclic esters (lactones) is 1. The number of carbonyl (C=O) groups excluding carboxylic acids is 1. The molecule has 1 heterocycles. The zero-order chi connectivity index (χ0) is 20.1. The molecule has 150 valence electrons. The molecule has 1 aliphatic rings. The first-order chi connectivity index (χ1) is 13.5. The minimum Gasteiger partial charge on any atom is -0.448 e. The Balaban J connectivity index is 1.60. The fourth-order valence-electron chi connectivity index (χ4n) is 3.51. The Hall–Kier alpha value is -2.57. The van der Waals surface area contributed by atoms with Crippen LogP contribution in [-0.4, -0.2) is 54.3 Å². The van der Waals surface area contributed by atoms with Crippen LogP contribution < -0.4 is 5.32 Å². The lowest BCUT2D eigenvalue weighted by atomic mass is 9.99. The lowest BCUT2D eigenvalue weighted by molar-refractivity contribution is 0.0734. The number of nitrogens with one attached hydrogen (secondary N) is 1. The average Bonchev–Trinajstić information content (AvgIpc) is 3.09. The van der Waals surface area contributed by atoms with Crippen LogP contribution in [0.1, 0.15) is 30.6 Å². The Bertz CT molecular complexity index is 775. The largest absolute Gasteiger partial charge is 0.448 e. The van der Waals surface area contributed by atoms with Gasteiger partial charge in [-0.05, 0) is 55.9 Å². The minimum absolute atomic E-state index is 0.0965. The van der Waals surface area contributed by atoms with E-state index < -0.39 is 6.10 Å². The van der Waals surface area contributed by atoms with Crippen molar-refractivity contribution >= 4 is 17.5 Å². The van der Waals surface area contributed by atoms with E-state index in [1.54, 1.807) is 4.90 Å². The van der Waals surface area contributed by atoms with Crippen LogP contribution in [0.25, 0.3) is 0 Å². The zero-order valence-electron chi connectivity index (χ0n) is 16.8. The topological polar surface area (TPSA) is 65.0 Å². The molecule has 2 atom stereocenters. The summed E-state index contributed by atoms with van der Waals surface area (Å²) in [5, 5.41) is 14.0. The molecule has 3 rings (SSSR count). The molecule has 28 heavy (non-hydrogen) atoms. The van der Waals surface area contributed by atoms with E-state index in [4.69, 9.17) is 4.74 Å².